The molecule has 0 fully saturated rings. The Balaban J connectivity index is 1.66. The first kappa shape index (κ1) is 21.2. The lowest BCUT2D eigenvalue weighted by Crippen LogP contribution is -2.33. The molecule has 32 heavy (non-hydrogen) atoms. The Hall–Kier alpha value is -2.67. The van der Waals surface area contributed by atoms with Gasteiger partial charge in [0.2, 0.25) is 0 Å². The highest BCUT2D eigenvalue weighted by Gasteiger charge is 2.28. The molecular weight excluding hydrogens is 442 g/mol. The summed E-state index contributed by atoms with van der Waals surface area (Å²) >= 11 is 7.83. The molecule has 2 aromatic carbocycles. The Kier molecular flexibility index (Phi) is 5.53. The van der Waals surface area contributed by atoms with Gasteiger partial charge in [-0.2, -0.15) is 0 Å². The molecule has 2 aromatic heterocycles. The number of ether oxygens (including phenoxy) is 1. The lowest BCUT2D eigenvalue weighted by Gasteiger charge is -2.31. The molecule has 5 rings (SSSR count). The van der Waals surface area contributed by atoms with Gasteiger partial charge >= 0.3 is 0 Å². The van der Waals surface area contributed by atoms with Crippen molar-refractivity contribution in [1.82, 2.24) is 14.5 Å². The van der Waals surface area contributed by atoms with Gasteiger partial charge < -0.3 is 4.74 Å². The van der Waals surface area contributed by atoms with Crippen LogP contribution in [0.15, 0.2) is 70.6 Å². The van der Waals surface area contributed by atoms with Crippen LogP contribution in [0.1, 0.15) is 30.7 Å². The van der Waals surface area contributed by atoms with Crippen LogP contribution in [0.4, 0.5) is 0 Å². The molecule has 0 atom stereocenters. The average molecular weight is 464 g/mol. The van der Waals surface area contributed by atoms with E-state index in [0.717, 1.165) is 22.5 Å². The van der Waals surface area contributed by atoms with Gasteiger partial charge in [-0.3, -0.25) is 9.36 Å². The molecule has 1 aliphatic heterocycles. The van der Waals surface area contributed by atoms with Gasteiger partial charge in [0.05, 0.1) is 29.0 Å². The number of hydrogen-bond donors (Lipinski definition) is 0. The average Bonchev–Trinajstić information content (AvgIpc) is 2.77. The SMILES string of the molecule is CC1(C)Cc2nc3nc(SCc4ccccc4Cl)n(-c4ccccc4)c(=O)c3cc2CO1. The van der Waals surface area contributed by atoms with Crippen molar-refractivity contribution < 1.29 is 4.74 Å². The van der Waals surface area contributed by atoms with E-state index in [1.54, 1.807) is 4.57 Å². The van der Waals surface area contributed by atoms with E-state index >= 15 is 0 Å². The number of para-hydroxylation sites is 1. The first-order chi connectivity index (χ1) is 15.4. The number of nitrogens with zero attached hydrogens (tertiary/aromatic N) is 3. The maximum atomic E-state index is 13.6. The summed E-state index contributed by atoms with van der Waals surface area (Å²) in [5.74, 6) is 0.594. The van der Waals surface area contributed by atoms with Gasteiger partial charge in [0, 0.05) is 22.8 Å². The van der Waals surface area contributed by atoms with Crippen molar-refractivity contribution in [3.8, 4) is 5.69 Å². The van der Waals surface area contributed by atoms with Crippen LogP contribution in [0.25, 0.3) is 16.7 Å². The summed E-state index contributed by atoms with van der Waals surface area (Å²) in [4.78, 5) is 23.3. The summed E-state index contributed by atoms with van der Waals surface area (Å²) in [6, 6.07) is 19.2. The number of halogens is 1. The van der Waals surface area contributed by atoms with Gasteiger partial charge in [-0.15, -0.1) is 0 Å². The summed E-state index contributed by atoms with van der Waals surface area (Å²) in [6.07, 6.45) is 0.684. The van der Waals surface area contributed by atoms with E-state index in [4.69, 9.17) is 26.3 Å². The third-order valence-corrected chi connectivity index (χ3v) is 6.89. The van der Waals surface area contributed by atoms with E-state index in [9.17, 15) is 4.79 Å². The molecule has 0 saturated carbocycles. The van der Waals surface area contributed by atoms with Gasteiger partial charge in [-0.25, -0.2) is 9.97 Å². The molecule has 3 heterocycles. The second kappa shape index (κ2) is 8.35. The van der Waals surface area contributed by atoms with Crippen molar-refractivity contribution in [3.05, 3.63) is 92.9 Å². The number of hydrogen-bond acceptors (Lipinski definition) is 5. The number of pyridine rings is 1. The second-order valence-electron chi connectivity index (χ2n) is 8.44. The third-order valence-electron chi connectivity index (χ3n) is 5.54. The van der Waals surface area contributed by atoms with E-state index in [1.807, 2.05) is 74.5 Å². The van der Waals surface area contributed by atoms with Crippen LogP contribution in [-0.2, 0) is 23.5 Å². The summed E-state index contributed by atoms with van der Waals surface area (Å²) in [5, 5.41) is 1.79. The van der Waals surface area contributed by atoms with Crippen molar-refractivity contribution in [2.75, 3.05) is 0 Å². The molecule has 0 amide bonds. The number of fused-ring (bicyclic) bond motifs is 2. The zero-order valence-electron chi connectivity index (χ0n) is 17.8. The fourth-order valence-corrected chi connectivity index (χ4v) is 5.12. The maximum absolute atomic E-state index is 13.6. The van der Waals surface area contributed by atoms with Gasteiger partial charge in [-0.05, 0) is 43.7 Å². The molecule has 5 nitrogen and oxygen atoms in total. The number of thioether (sulfide) groups is 1. The second-order valence-corrected chi connectivity index (χ2v) is 9.79. The Bertz CT molecular complexity index is 1370. The van der Waals surface area contributed by atoms with Crippen LogP contribution in [0.5, 0.6) is 0 Å². The number of aromatic nitrogens is 3. The molecule has 0 bridgehead atoms. The van der Waals surface area contributed by atoms with E-state index in [1.165, 1.54) is 11.8 Å². The zero-order chi connectivity index (χ0) is 22.3. The highest BCUT2D eigenvalue weighted by molar-refractivity contribution is 7.98. The topological polar surface area (TPSA) is 57.0 Å². The predicted molar refractivity (Wildman–Crippen MR) is 129 cm³/mol. The quantitative estimate of drug-likeness (QED) is 0.292. The maximum Gasteiger partial charge on any atom is 0.268 e. The van der Waals surface area contributed by atoms with Gasteiger partial charge in [0.1, 0.15) is 0 Å². The van der Waals surface area contributed by atoms with E-state index < -0.39 is 0 Å². The Morgan fingerprint density at radius 3 is 2.62 bits per heavy atom. The van der Waals surface area contributed by atoms with Crippen molar-refractivity contribution in [2.45, 2.75) is 43.4 Å². The summed E-state index contributed by atoms with van der Waals surface area (Å²) < 4.78 is 7.59. The Morgan fingerprint density at radius 2 is 1.84 bits per heavy atom. The molecule has 1 aliphatic rings. The normalized spacial score (nSPS) is 15.0. The van der Waals surface area contributed by atoms with Crippen LogP contribution in [-0.4, -0.2) is 20.1 Å². The minimum absolute atomic E-state index is 0.136. The van der Waals surface area contributed by atoms with Crippen LogP contribution < -0.4 is 5.56 Å². The van der Waals surface area contributed by atoms with E-state index in [-0.39, 0.29) is 11.2 Å². The molecule has 4 aromatic rings. The third kappa shape index (κ3) is 4.06. The number of benzene rings is 2. The lowest BCUT2D eigenvalue weighted by atomic mass is 9.95. The Morgan fingerprint density at radius 1 is 1.09 bits per heavy atom. The first-order valence-corrected chi connectivity index (χ1v) is 11.8. The molecular formula is C25H22ClN3O2S. The molecule has 7 heteroatoms. The molecule has 0 spiro atoms. The summed E-state index contributed by atoms with van der Waals surface area (Å²) in [5.41, 5.74) is 3.71. The van der Waals surface area contributed by atoms with Gasteiger partial charge in [-0.1, -0.05) is 59.8 Å². The lowest BCUT2D eigenvalue weighted by molar-refractivity contribution is -0.0411. The standard InChI is InChI=1S/C25H22ClN3O2S/c1-25(2)13-21-17(14-31-25)12-19-22(27-21)28-24(32-15-16-8-6-7-11-20(16)26)29(23(19)30)18-9-4-3-5-10-18/h3-12H,13-15H2,1-2H3. The highest BCUT2D eigenvalue weighted by Crippen LogP contribution is 2.30. The van der Waals surface area contributed by atoms with Crippen LogP contribution >= 0.6 is 23.4 Å². The highest BCUT2D eigenvalue weighted by atomic mass is 35.5. The minimum atomic E-state index is -0.283. The van der Waals surface area contributed by atoms with Crippen LogP contribution in [0.2, 0.25) is 5.02 Å². The van der Waals surface area contributed by atoms with Crippen molar-refractivity contribution >= 4 is 34.4 Å². The number of rotatable bonds is 4. The van der Waals surface area contributed by atoms with E-state index in [2.05, 4.69) is 0 Å². The zero-order valence-corrected chi connectivity index (χ0v) is 19.4. The van der Waals surface area contributed by atoms with E-state index in [0.29, 0.717) is 40.0 Å². The van der Waals surface area contributed by atoms with Crippen molar-refractivity contribution in [3.63, 3.8) is 0 Å². The van der Waals surface area contributed by atoms with Crippen LogP contribution in [0, 0.1) is 0 Å². The fourth-order valence-electron chi connectivity index (χ4n) is 3.84. The minimum Gasteiger partial charge on any atom is -0.370 e. The van der Waals surface area contributed by atoms with Gasteiger partial charge in [0.15, 0.2) is 10.8 Å². The first-order valence-electron chi connectivity index (χ1n) is 10.4. The summed E-state index contributed by atoms with van der Waals surface area (Å²) in [7, 11) is 0. The summed E-state index contributed by atoms with van der Waals surface area (Å²) in [6.45, 7) is 4.54. The smallest absolute Gasteiger partial charge is 0.268 e. The Labute approximate surface area is 195 Å². The molecule has 0 saturated heterocycles. The molecule has 162 valence electrons. The predicted octanol–water partition coefficient (Wildman–Crippen LogP) is 5.58. The van der Waals surface area contributed by atoms with Gasteiger partial charge in [0.25, 0.3) is 5.56 Å². The van der Waals surface area contributed by atoms with Crippen molar-refractivity contribution in [1.29, 1.82) is 0 Å². The largest absolute Gasteiger partial charge is 0.370 e. The fraction of sp³-hybridized carbons (Fsp3) is 0.240. The molecule has 0 aliphatic carbocycles. The monoisotopic (exact) mass is 463 g/mol. The molecule has 0 radical (unpaired) electrons. The van der Waals surface area contributed by atoms with Crippen molar-refractivity contribution in [2.24, 2.45) is 0 Å². The van der Waals surface area contributed by atoms with Crippen LogP contribution in [0.3, 0.4) is 0 Å². The molecule has 0 N–H and O–H groups in total. The molecule has 0 unspecified atom stereocenters.